The molecule has 0 saturated carbocycles. The summed E-state index contributed by atoms with van der Waals surface area (Å²) in [6.07, 6.45) is 2.22. The number of hydrogen-bond donors (Lipinski definition) is 2. The maximum atomic E-state index is 13.4. The summed E-state index contributed by atoms with van der Waals surface area (Å²) in [5.41, 5.74) is 0.440. The predicted octanol–water partition coefficient (Wildman–Crippen LogP) is 3.13. The summed E-state index contributed by atoms with van der Waals surface area (Å²) in [6.45, 7) is 4.71. The Morgan fingerprint density at radius 3 is 2.90 bits per heavy atom. The van der Waals surface area contributed by atoms with Crippen molar-refractivity contribution in [3.8, 4) is 0 Å². The molecule has 1 aromatic rings. The van der Waals surface area contributed by atoms with Crippen LogP contribution in [0.5, 0.6) is 0 Å². The molecule has 1 unspecified atom stereocenters. The number of rotatable bonds is 3. The zero-order valence-corrected chi connectivity index (χ0v) is 13.7. The molecule has 1 amide bonds. The van der Waals surface area contributed by atoms with E-state index in [9.17, 15) is 9.18 Å². The fourth-order valence-corrected chi connectivity index (χ4v) is 2.55. The Labute approximate surface area is 133 Å². The molecule has 1 heterocycles. The molecule has 2 N–H and O–H groups in total. The van der Waals surface area contributed by atoms with Gasteiger partial charge in [0.2, 0.25) is 0 Å². The van der Waals surface area contributed by atoms with E-state index in [1.54, 1.807) is 12.1 Å². The number of nitrogens with one attached hydrogen (secondary N) is 2. The molecule has 112 valence electrons. The van der Waals surface area contributed by atoms with E-state index in [1.807, 2.05) is 0 Å². The second kappa shape index (κ2) is 7.38. The number of carbonyl (C=O) groups excluding carboxylic acids is 1. The molecule has 3 nitrogen and oxygen atoms in total. The molecule has 0 aromatic heterocycles. The minimum Gasteiger partial charge on any atom is -0.351 e. The molecule has 1 aliphatic rings. The van der Waals surface area contributed by atoms with Crippen molar-refractivity contribution in [3.63, 3.8) is 0 Å². The topological polar surface area (TPSA) is 41.1 Å². The van der Waals surface area contributed by atoms with Crippen LogP contribution in [-0.2, 0) is 0 Å². The monoisotopic (exact) mass is 364 g/mol. The van der Waals surface area contributed by atoms with Crippen molar-refractivity contribution in [2.45, 2.75) is 19.8 Å². The van der Waals surface area contributed by atoms with Crippen LogP contribution < -0.4 is 10.6 Å². The minimum atomic E-state index is -0.418. The first-order chi connectivity index (χ1) is 9.00. The van der Waals surface area contributed by atoms with Gasteiger partial charge in [-0.15, -0.1) is 12.4 Å². The van der Waals surface area contributed by atoms with Gasteiger partial charge in [0.25, 0.3) is 5.91 Å². The summed E-state index contributed by atoms with van der Waals surface area (Å²) >= 11 is 3.07. The lowest BCUT2D eigenvalue weighted by molar-refractivity contribution is 0.0924. The summed E-state index contributed by atoms with van der Waals surface area (Å²) in [5.74, 6) is -0.642. The lowest BCUT2D eigenvalue weighted by Crippen LogP contribution is -2.45. The van der Waals surface area contributed by atoms with Crippen molar-refractivity contribution >= 4 is 34.2 Å². The van der Waals surface area contributed by atoms with E-state index < -0.39 is 5.82 Å². The number of halogens is 3. The van der Waals surface area contributed by atoms with Gasteiger partial charge in [0, 0.05) is 18.7 Å². The quantitative estimate of drug-likeness (QED) is 0.864. The molecule has 1 saturated heterocycles. The SMILES string of the molecule is CC1(CNC(=O)c2ccc(Br)c(F)c2)CCCNC1.Cl. The number of piperidine rings is 1. The van der Waals surface area contributed by atoms with Crippen LogP contribution in [0.3, 0.4) is 0 Å². The van der Waals surface area contributed by atoms with Gasteiger partial charge in [0.1, 0.15) is 5.82 Å². The molecule has 2 rings (SSSR count). The molecular formula is C14H19BrClFN2O. The first kappa shape index (κ1) is 17.4. The van der Waals surface area contributed by atoms with Crippen molar-refractivity contribution < 1.29 is 9.18 Å². The van der Waals surface area contributed by atoms with Crippen molar-refractivity contribution in [1.29, 1.82) is 0 Å². The number of amides is 1. The average Bonchev–Trinajstić information content (AvgIpc) is 2.40. The lowest BCUT2D eigenvalue weighted by atomic mass is 9.83. The number of hydrogen-bond acceptors (Lipinski definition) is 2. The van der Waals surface area contributed by atoms with Crippen LogP contribution >= 0.6 is 28.3 Å². The Bertz CT molecular complexity index is 478. The van der Waals surface area contributed by atoms with Gasteiger partial charge in [-0.3, -0.25) is 4.79 Å². The Kier molecular flexibility index (Phi) is 6.43. The van der Waals surface area contributed by atoms with E-state index in [0.29, 0.717) is 16.6 Å². The molecule has 1 aromatic carbocycles. The van der Waals surface area contributed by atoms with Crippen molar-refractivity contribution in [1.82, 2.24) is 10.6 Å². The third-order valence-corrected chi connectivity index (χ3v) is 4.19. The fraction of sp³-hybridized carbons (Fsp3) is 0.500. The second-order valence-corrected chi connectivity index (χ2v) is 6.26. The van der Waals surface area contributed by atoms with E-state index in [2.05, 4.69) is 33.5 Å². The van der Waals surface area contributed by atoms with E-state index in [-0.39, 0.29) is 23.7 Å². The minimum absolute atomic E-state index is 0. The summed E-state index contributed by atoms with van der Waals surface area (Å²) < 4.78 is 13.7. The zero-order chi connectivity index (χ0) is 13.9. The highest BCUT2D eigenvalue weighted by molar-refractivity contribution is 9.10. The number of carbonyl (C=O) groups is 1. The predicted molar refractivity (Wildman–Crippen MR) is 83.9 cm³/mol. The Balaban J connectivity index is 0.00000200. The van der Waals surface area contributed by atoms with E-state index in [4.69, 9.17) is 0 Å². The standard InChI is InChI=1S/C14H18BrFN2O.ClH/c1-14(5-2-6-17-8-14)9-18-13(19)10-3-4-11(15)12(16)7-10;/h3-4,7,17H,2,5-6,8-9H2,1H3,(H,18,19);1H. The molecule has 0 radical (unpaired) electrons. The zero-order valence-electron chi connectivity index (χ0n) is 11.3. The third-order valence-electron chi connectivity index (χ3n) is 3.54. The van der Waals surface area contributed by atoms with Crippen molar-refractivity contribution in [2.75, 3.05) is 19.6 Å². The smallest absolute Gasteiger partial charge is 0.251 e. The van der Waals surface area contributed by atoms with Crippen LogP contribution in [0.1, 0.15) is 30.1 Å². The molecule has 6 heteroatoms. The van der Waals surface area contributed by atoms with Crippen LogP contribution in [0.15, 0.2) is 22.7 Å². The van der Waals surface area contributed by atoms with E-state index >= 15 is 0 Å². The number of benzene rings is 1. The maximum Gasteiger partial charge on any atom is 0.251 e. The largest absolute Gasteiger partial charge is 0.351 e. The fourth-order valence-electron chi connectivity index (χ4n) is 2.30. The first-order valence-electron chi connectivity index (χ1n) is 6.44. The molecule has 0 aliphatic carbocycles. The molecule has 1 atom stereocenters. The van der Waals surface area contributed by atoms with Gasteiger partial charge in [-0.25, -0.2) is 4.39 Å². The van der Waals surface area contributed by atoms with E-state index in [0.717, 1.165) is 25.9 Å². The van der Waals surface area contributed by atoms with Gasteiger partial charge in [-0.1, -0.05) is 6.92 Å². The summed E-state index contributed by atoms with van der Waals surface area (Å²) in [7, 11) is 0. The van der Waals surface area contributed by atoms with Crippen LogP contribution in [-0.4, -0.2) is 25.5 Å². The first-order valence-corrected chi connectivity index (χ1v) is 7.23. The van der Waals surface area contributed by atoms with Gasteiger partial charge < -0.3 is 10.6 Å². The lowest BCUT2D eigenvalue weighted by Gasteiger charge is -2.34. The van der Waals surface area contributed by atoms with Gasteiger partial charge in [-0.05, 0) is 58.9 Å². The van der Waals surface area contributed by atoms with Crippen LogP contribution in [0, 0.1) is 11.2 Å². The van der Waals surface area contributed by atoms with Crippen LogP contribution in [0.2, 0.25) is 0 Å². The highest BCUT2D eigenvalue weighted by atomic mass is 79.9. The highest BCUT2D eigenvalue weighted by Crippen LogP contribution is 2.24. The molecule has 1 aliphatic heterocycles. The van der Waals surface area contributed by atoms with Crippen molar-refractivity contribution in [3.05, 3.63) is 34.1 Å². The summed E-state index contributed by atoms with van der Waals surface area (Å²) in [6, 6.07) is 4.42. The van der Waals surface area contributed by atoms with Crippen LogP contribution in [0.25, 0.3) is 0 Å². The highest BCUT2D eigenvalue weighted by Gasteiger charge is 2.27. The normalized spacial score (nSPS) is 21.9. The molecular weight excluding hydrogens is 347 g/mol. The van der Waals surface area contributed by atoms with Gasteiger partial charge in [0.05, 0.1) is 4.47 Å². The third kappa shape index (κ3) is 4.43. The van der Waals surface area contributed by atoms with Gasteiger partial charge in [-0.2, -0.15) is 0 Å². The molecule has 20 heavy (non-hydrogen) atoms. The molecule has 0 spiro atoms. The van der Waals surface area contributed by atoms with Gasteiger partial charge in [0.15, 0.2) is 0 Å². The van der Waals surface area contributed by atoms with Crippen LogP contribution in [0.4, 0.5) is 4.39 Å². The Morgan fingerprint density at radius 1 is 1.55 bits per heavy atom. The molecule has 1 fully saturated rings. The summed E-state index contributed by atoms with van der Waals surface area (Å²) in [5, 5.41) is 6.23. The maximum absolute atomic E-state index is 13.4. The second-order valence-electron chi connectivity index (χ2n) is 5.40. The van der Waals surface area contributed by atoms with Crippen molar-refractivity contribution in [2.24, 2.45) is 5.41 Å². The van der Waals surface area contributed by atoms with Gasteiger partial charge >= 0.3 is 0 Å². The molecule has 0 bridgehead atoms. The average molecular weight is 366 g/mol. The summed E-state index contributed by atoms with van der Waals surface area (Å²) in [4.78, 5) is 12.0. The Hall–Kier alpha value is -0.650. The van der Waals surface area contributed by atoms with E-state index in [1.165, 1.54) is 6.07 Å². The Morgan fingerprint density at radius 2 is 2.30 bits per heavy atom.